The molecule has 4 rings (SSSR count). The third-order valence-corrected chi connectivity index (χ3v) is 5.65. The van der Waals surface area contributed by atoms with Crippen molar-refractivity contribution in [2.24, 2.45) is 16.1 Å². The van der Waals surface area contributed by atoms with Gasteiger partial charge in [-0.15, -0.1) is 5.11 Å². The zero-order chi connectivity index (χ0) is 17.4. The monoisotopic (exact) mass is 341 g/mol. The zero-order valence-electron chi connectivity index (χ0n) is 14.4. The maximum atomic E-state index is 12.9. The highest BCUT2D eigenvalue weighted by atomic mass is 16.6. The molecule has 25 heavy (non-hydrogen) atoms. The molecular formula is C19H23N3O3. The average Bonchev–Trinajstić information content (AvgIpc) is 3.15. The second-order valence-electron chi connectivity index (χ2n) is 7.21. The van der Waals surface area contributed by atoms with Gasteiger partial charge >= 0.3 is 5.97 Å². The summed E-state index contributed by atoms with van der Waals surface area (Å²) in [5.74, 6) is -0.633. The maximum Gasteiger partial charge on any atom is 0.305 e. The number of carbonyl (C=O) groups is 2. The molecular weight excluding hydrogens is 318 g/mol. The lowest BCUT2D eigenvalue weighted by molar-refractivity contribution is -0.162. The van der Waals surface area contributed by atoms with Crippen molar-refractivity contribution >= 4 is 11.9 Å². The Morgan fingerprint density at radius 1 is 1.20 bits per heavy atom. The third kappa shape index (κ3) is 2.64. The van der Waals surface area contributed by atoms with Gasteiger partial charge in [0.15, 0.2) is 6.04 Å². The number of fused-ring (bicyclic) bond motifs is 1. The minimum Gasteiger partial charge on any atom is -0.431 e. The molecule has 132 valence electrons. The average molecular weight is 341 g/mol. The van der Waals surface area contributed by atoms with E-state index in [1.54, 1.807) is 0 Å². The molecule has 0 bridgehead atoms. The van der Waals surface area contributed by atoms with E-state index >= 15 is 0 Å². The summed E-state index contributed by atoms with van der Waals surface area (Å²) in [6, 6.07) is 9.20. The largest absolute Gasteiger partial charge is 0.431 e. The molecule has 3 aliphatic rings. The number of hydrogen-bond acceptors (Lipinski definition) is 5. The Kier molecular flexibility index (Phi) is 4.06. The lowest BCUT2D eigenvalue weighted by atomic mass is 9.87. The van der Waals surface area contributed by atoms with E-state index < -0.39 is 17.7 Å². The molecule has 2 heterocycles. The van der Waals surface area contributed by atoms with Gasteiger partial charge in [-0.25, -0.2) is 0 Å². The molecule has 1 aromatic rings. The molecule has 0 aromatic heterocycles. The number of amides is 1. The van der Waals surface area contributed by atoms with Gasteiger partial charge in [0.2, 0.25) is 5.91 Å². The summed E-state index contributed by atoms with van der Waals surface area (Å²) in [6.07, 6.45) is 5.67. The normalized spacial score (nSPS) is 32.0. The Balaban J connectivity index is 1.67. The van der Waals surface area contributed by atoms with Crippen LogP contribution in [0.1, 0.15) is 44.6 Å². The van der Waals surface area contributed by atoms with Gasteiger partial charge in [0.1, 0.15) is 0 Å². The Morgan fingerprint density at radius 2 is 1.92 bits per heavy atom. The van der Waals surface area contributed by atoms with E-state index in [0.717, 1.165) is 18.4 Å². The molecule has 0 N–H and O–H groups in total. The highest BCUT2D eigenvalue weighted by Crippen LogP contribution is 2.48. The molecule has 0 spiro atoms. The molecule has 3 atom stereocenters. The molecule has 1 saturated heterocycles. The molecule has 3 unspecified atom stereocenters. The minimum absolute atomic E-state index is 0.0330. The van der Waals surface area contributed by atoms with Crippen LogP contribution in [0.3, 0.4) is 0 Å². The molecule has 6 heteroatoms. The summed E-state index contributed by atoms with van der Waals surface area (Å²) in [7, 11) is 0. The molecule has 1 saturated carbocycles. The molecule has 0 radical (unpaired) electrons. The minimum atomic E-state index is -1.18. The Bertz CT molecular complexity index is 699. The SMILES string of the molecule is CC(=O)OC1(c2ccccc2)N=NC2C(=O)N(C3CCCCC3)CC21. The van der Waals surface area contributed by atoms with Crippen LogP contribution >= 0.6 is 0 Å². The number of ether oxygens (including phenoxy) is 1. The fourth-order valence-corrected chi connectivity index (χ4v) is 4.48. The number of benzene rings is 1. The highest BCUT2D eigenvalue weighted by molar-refractivity contribution is 5.86. The first-order valence-electron chi connectivity index (χ1n) is 9.09. The van der Waals surface area contributed by atoms with E-state index in [4.69, 9.17) is 4.74 Å². The summed E-state index contributed by atoms with van der Waals surface area (Å²) in [6.45, 7) is 1.92. The summed E-state index contributed by atoms with van der Waals surface area (Å²) in [4.78, 5) is 26.7. The molecule has 1 aliphatic carbocycles. The highest BCUT2D eigenvalue weighted by Gasteiger charge is 2.60. The van der Waals surface area contributed by atoms with Gasteiger partial charge in [0.05, 0.1) is 5.92 Å². The van der Waals surface area contributed by atoms with Gasteiger partial charge in [0, 0.05) is 25.1 Å². The van der Waals surface area contributed by atoms with Crippen LogP contribution in [0.15, 0.2) is 40.6 Å². The van der Waals surface area contributed by atoms with E-state index in [1.807, 2.05) is 35.2 Å². The number of hydrogen-bond donors (Lipinski definition) is 0. The lowest BCUT2D eigenvalue weighted by Gasteiger charge is -2.34. The van der Waals surface area contributed by atoms with Crippen molar-refractivity contribution in [2.75, 3.05) is 6.54 Å². The predicted octanol–water partition coefficient (Wildman–Crippen LogP) is 3.03. The molecule has 1 amide bonds. The second-order valence-corrected chi connectivity index (χ2v) is 7.21. The number of likely N-dealkylation sites (tertiary alicyclic amines) is 1. The number of carbonyl (C=O) groups excluding carboxylic acids is 2. The van der Waals surface area contributed by atoms with Gasteiger partial charge in [-0.3, -0.25) is 9.59 Å². The van der Waals surface area contributed by atoms with Gasteiger partial charge in [-0.2, -0.15) is 5.11 Å². The Hall–Kier alpha value is -2.24. The van der Waals surface area contributed by atoms with Crippen LogP contribution in [0, 0.1) is 5.92 Å². The first-order chi connectivity index (χ1) is 12.1. The van der Waals surface area contributed by atoms with Crippen molar-refractivity contribution in [1.82, 2.24) is 4.90 Å². The van der Waals surface area contributed by atoms with Crippen molar-refractivity contribution in [3.8, 4) is 0 Å². The van der Waals surface area contributed by atoms with Gasteiger partial charge < -0.3 is 9.64 Å². The second kappa shape index (κ2) is 6.24. The smallest absolute Gasteiger partial charge is 0.305 e. The lowest BCUT2D eigenvalue weighted by Crippen LogP contribution is -2.41. The van der Waals surface area contributed by atoms with E-state index in [2.05, 4.69) is 10.2 Å². The maximum absolute atomic E-state index is 12.9. The van der Waals surface area contributed by atoms with Crippen LogP contribution < -0.4 is 0 Å². The molecule has 2 fully saturated rings. The zero-order valence-corrected chi connectivity index (χ0v) is 14.4. The summed E-state index contributed by atoms with van der Waals surface area (Å²) in [5, 5.41) is 8.59. The molecule has 1 aromatic carbocycles. The molecule has 6 nitrogen and oxygen atoms in total. The van der Waals surface area contributed by atoms with E-state index in [1.165, 1.54) is 26.2 Å². The fraction of sp³-hybridized carbons (Fsp3) is 0.579. The Labute approximate surface area is 147 Å². The summed E-state index contributed by atoms with van der Waals surface area (Å²) < 4.78 is 5.70. The van der Waals surface area contributed by atoms with Gasteiger partial charge in [0.25, 0.3) is 5.72 Å². The van der Waals surface area contributed by atoms with Crippen molar-refractivity contribution in [2.45, 2.75) is 56.8 Å². The van der Waals surface area contributed by atoms with Crippen LogP contribution in [0.4, 0.5) is 0 Å². The van der Waals surface area contributed by atoms with Crippen molar-refractivity contribution < 1.29 is 14.3 Å². The van der Waals surface area contributed by atoms with Crippen LogP contribution in [0.5, 0.6) is 0 Å². The number of esters is 1. The van der Waals surface area contributed by atoms with Crippen molar-refractivity contribution in [3.63, 3.8) is 0 Å². The van der Waals surface area contributed by atoms with Crippen molar-refractivity contribution in [3.05, 3.63) is 35.9 Å². The first kappa shape index (κ1) is 16.2. The third-order valence-electron chi connectivity index (χ3n) is 5.65. The summed E-state index contributed by atoms with van der Waals surface area (Å²) in [5.41, 5.74) is -0.406. The quantitative estimate of drug-likeness (QED) is 0.793. The number of nitrogens with zero attached hydrogens (tertiary/aromatic N) is 3. The van der Waals surface area contributed by atoms with E-state index in [-0.39, 0.29) is 17.9 Å². The number of azo groups is 1. The molecule has 2 aliphatic heterocycles. The standard InChI is InChI=1S/C19H23N3O3/c1-13(23)25-19(14-8-4-2-5-9-14)16-12-22(15-10-6-3-7-11-15)18(24)17(16)20-21-19/h2,4-5,8-9,15-17H,3,6-7,10-12H2,1H3. The van der Waals surface area contributed by atoms with Crippen LogP contribution in [-0.2, 0) is 20.1 Å². The van der Waals surface area contributed by atoms with Crippen LogP contribution in [-0.4, -0.2) is 35.4 Å². The van der Waals surface area contributed by atoms with Crippen molar-refractivity contribution in [1.29, 1.82) is 0 Å². The fourth-order valence-electron chi connectivity index (χ4n) is 4.48. The number of rotatable bonds is 3. The Morgan fingerprint density at radius 3 is 2.60 bits per heavy atom. The van der Waals surface area contributed by atoms with Gasteiger partial charge in [-0.05, 0) is 12.8 Å². The van der Waals surface area contributed by atoms with Crippen LogP contribution in [0.2, 0.25) is 0 Å². The predicted molar refractivity (Wildman–Crippen MR) is 90.6 cm³/mol. The first-order valence-corrected chi connectivity index (χ1v) is 9.09. The van der Waals surface area contributed by atoms with E-state index in [9.17, 15) is 9.59 Å². The summed E-state index contributed by atoms with van der Waals surface area (Å²) >= 11 is 0. The van der Waals surface area contributed by atoms with Crippen LogP contribution in [0.25, 0.3) is 0 Å². The van der Waals surface area contributed by atoms with Gasteiger partial charge in [-0.1, -0.05) is 49.6 Å². The topological polar surface area (TPSA) is 71.3 Å². The van der Waals surface area contributed by atoms with E-state index in [0.29, 0.717) is 6.54 Å².